The fourth-order valence-electron chi connectivity index (χ4n) is 1.63. The Balaban J connectivity index is 2.94. The number of nitrogens with two attached hydrogens (primary N) is 2. The quantitative estimate of drug-likeness (QED) is 0.809. The third-order valence-corrected chi connectivity index (χ3v) is 3.15. The summed E-state index contributed by atoms with van der Waals surface area (Å²) in [6.45, 7) is 5.55. The minimum absolute atomic E-state index is 0.328. The maximum absolute atomic E-state index is 6.16. The summed E-state index contributed by atoms with van der Waals surface area (Å²) in [5.41, 5.74) is 14.1. The van der Waals surface area contributed by atoms with Crippen LogP contribution in [0.1, 0.15) is 18.5 Å². The van der Waals surface area contributed by atoms with E-state index in [1.165, 1.54) is 0 Å². The number of hydrogen-bond donors (Lipinski definition) is 2. The van der Waals surface area contributed by atoms with Crippen LogP contribution in [0.25, 0.3) is 0 Å². The summed E-state index contributed by atoms with van der Waals surface area (Å²) in [6.07, 6.45) is 5.29. The second kappa shape index (κ2) is 7.51. The standard InChI is InChI=1S/C15H18Cl2N2/c1-3-11(5-4-10(2)16)14(18)15(19)12-6-8-13(17)9-7-12/h3-9,14-15H,1,18-19H2,2H3/b10-4+,11-5+. The topological polar surface area (TPSA) is 52.0 Å². The van der Waals surface area contributed by atoms with E-state index in [-0.39, 0.29) is 12.1 Å². The van der Waals surface area contributed by atoms with Gasteiger partial charge in [0.05, 0.1) is 0 Å². The number of rotatable bonds is 5. The van der Waals surface area contributed by atoms with Crippen LogP contribution in [0.3, 0.4) is 0 Å². The summed E-state index contributed by atoms with van der Waals surface area (Å²) >= 11 is 11.6. The lowest BCUT2D eigenvalue weighted by Gasteiger charge is -2.21. The van der Waals surface area contributed by atoms with Crippen LogP contribution in [0.4, 0.5) is 0 Å². The number of hydrogen-bond acceptors (Lipinski definition) is 2. The van der Waals surface area contributed by atoms with Crippen LogP contribution in [0.5, 0.6) is 0 Å². The predicted molar refractivity (Wildman–Crippen MR) is 84.2 cm³/mol. The van der Waals surface area contributed by atoms with Crippen molar-refractivity contribution in [2.75, 3.05) is 0 Å². The molecule has 0 aliphatic carbocycles. The molecule has 2 atom stereocenters. The zero-order chi connectivity index (χ0) is 14.4. The zero-order valence-electron chi connectivity index (χ0n) is 10.8. The molecule has 4 heteroatoms. The highest BCUT2D eigenvalue weighted by molar-refractivity contribution is 6.30. The Morgan fingerprint density at radius 2 is 1.79 bits per heavy atom. The Labute approximate surface area is 124 Å². The van der Waals surface area contributed by atoms with Gasteiger partial charge in [-0.1, -0.05) is 54.1 Å². The van der Waals surface area contributed by atoms with Crippen LogP contribution in [-0.2, 0) is 0 Å². The number of benzene rings is 1. The smallest absolute Gasteiger partial charge is 0.0491 e. The summed E-state index contributed by atoms with van der Waals surface area (Å²) in [6, 6.07) is 6.65. The van der Waals surface area contributed by atoms with Gasteiger partial charge in [-0.15, -0.1) is 0 Å². The van der Waals surface area contributed by atoms with Gasteiger partial charge in [-0.05, 0) is 36.3 Å². The first-order chi connectivity index (χ1) is 8.95. The lowest BCUT2D eigenvalue weighted by Crippen LogP contribution is -2.35. The second-order valence-electron chi connectivity index (χ2n) is 4.23. The summed E-state index contributed by atoms with van der Waals surface area (Å²) in [4.78, 5) is 0. The Morgan fingerprint density at radius 3 is 2.26 bits per heavy atom. The van der Waals surface area contributed by atoms with Crippen LogP contribution in [0.15, 0.2) is 59.7 Å². The predicted octanol–water partition coefficient (Wildman–Crippen LogP) is 3.92. The molecule has 1 aromatic carbocycles. The average molecular weight is 297 g/mol. The van der Waals surface area contributed by atoms with Crippen molar-refractivity contribution in [2.24, 2.45) is 11.5 Å². The summed E-state index contributed by atoms with van der Waals surface area (Å²) in [5.74, 6) is 0. The van der Waals surface area contributed by atoms with E-state index < -0.39 is 0 Å². The molecule has 0 aliphatic rings. The van der Waals surface area contributed by atoms with Crippen molar-refractivity contribution in [2.45, 2.75) is 19.0 Å². The van der Waals surface area contributed by atoms with E-state index in [4.69, 9.17) is 34.7 Å². The maximum atomic E-state index is 6.16. The van der Waals surface area contributed by atoms with E-state index in [1.807, 2.05) is 18.2 Å². The van der Waals surface area contributed by atoms with Crippen LogP contribution >= 0.6 is 23.2 Å². The lowest BCUT2D eigenvalue weighted by atomic mass is 9.94. The van der Waals surface area contributed by atoms with Crippen LogP contribution < -0.4 is 11.5 Å². The van der Waals surface area contributed by atoms with Gasteiger partial charge in [0, 0.05) is 22.1 Å². The van der Waals surface area contributed by atoms with Gasteiger partial charge in [0.25, 0.3) is 0 Å². The van der Waals surface area contributed by atoms with Gasteiger partial charge in [-0.25, -0.2) is 0 Å². The first-order valence-electron chi connectivity index (χ1n) is 5.88. The van der Waals surface area contributed by atoms with E-state index in [2.05, 4.69) is 6.58 Å². The van der Waals surface area contributed by atoms with E-state index in [0.717, 1.165) is 11.1 Å². The molecule has 2 nitrogen and oxygen atoms in total. The van der Waals surface area contributed by atoms with E-state index in [9.17, 15) is 0 Å². The Morgan fingerprint density at radius 1 is 1.21 bits per heavy atom. The van der Waals surface area contributed by atoms with Crippen LogP contribution in [0.2, 0.25) is 5.02 Å². The first-order valence-corrected chi connectivity index (χ1v) is 6.64. The van der Waals surface area contributed by atoms with Crippen molar-refractivity contribution in [1.29, 1.82) is 0 Å². The minimum atomic E-state index is -0.356. The first kappa shape index (κ1) is 16.0. The number of allylic oxidation sites excluding steroid dienone is 3. The van der Waals surface area contributed by atoms with E-state index in [1.54, 1.807) is 31.2 Å². The minimum Gasteiger partial charge on any atom is -0.322 e. The van der Waals surface area contributed by atoms with E-state index >= 15 is 0 Å². The maximum Gasteiger partial charge on any atom is 0.0491 e. The molecular formula is C15H18Cl2N2. The van der Waals surface area contributed by atoms with E-state index in [0.29, 0.717) is 10.1 Å². The molecule has 0 radical (unpaired) electrons. The molecule has 2 unspecified atom stereocenters. The molecule has 0 aliphatic heterocycles. The van der Waals surface area contributed by atoms with Crippen LogP contribution in [0, 0.1) is 0 Å². The fourth-order valence-corrected chi connectivity index (χ4v) is 1.81. The summed E-state index contributed by atoms with van der Waals surface area (Å²) in [7, 11) is 0. The highest BCUT2D eigenvalue weighted by Gasteiger charge is 2.17. The van der Waals surface area contributed by atoms with Crippen molar-refractivity contribution in [3.8, 4) is 0 Å². The van der Waals surface area contributed by atoms with Crippen LogP contribution in [-0.4, -0.2) is 6.04 Å². The fraction of sp³-hybridized carbons (Fsp3) is 0.200. The van der Waals surface area contributed by atoms with Gasteiger partial charge in [-0.2, -0.15) is 0 Å². The summed E-state index contributed by atoms with van der Waals surface area (Å²) in [5, 5.41) is 1.34. The van der Waals surface area contributed by atoms with Gasteiger partial charge < -0.3 is 11.5 Å². The van der Waals surface area contributed by atoms with Gasteiger partial charge in [-0.3, -0.25) is 0 Å². The molecule has 0 heterocycles. The SMILES string of the molecule is C=C/C(=C\C=C(/C)Cl)C(N)C(N)c1ccc(Cl)cc1. The molecule has 1 aromatic rings. The highest BCUT2D eigenvalue weighted by Crippen LogP contribution is 2.21. The largest absolute Gasteiger partial charge is 0.322 e. The monoisotopic (exact) mass is 296 g/mol. The normalized spacial score (nSPS) is 16.1. The van der Waals surface area contributed by atoms with Gasteiger partial charge in [0.15, 0.2) is 0 Å². The third-order valence-electron chi connectivity index (χ3n) is 2.77. The molecule has 0 bridgehead atoms. The third kappa shape index (κ3) is 4.84. The molecule has 0 saturated heterocycles. The van der Waals surface area contributed by atoms with Crippen molar-refractivity contribution in [1.82, 2.24) is 0 Å². The van der Waals surface area contributed by atoms with Crippen molar-refractivity contribution in [3.05, 3.63) is 70.3 Å². The van der Waals surface area contributed by atoms with Gasteiger partial charge in [0.2, 0.25) is 0 Å². The Bertz CT molecular complexity index is 485. The molecule has 4 N–H and O–H groups in total. The molecule has 0 amide bonds. The average Bonchev–Trinajstić information content (AvgIpc) is 2.39. The molecule has 102 valence electrons. The molecule has 0 fully saturated rings. The molecule has 0 saturated carbocycles. The lowest BCUT2D eigenvalue weighted by molar-refractivity contribution is 0.619. The number of halogens is 2. The highest BCUT2D eigenvalue weighted by atomic mass is 35.5. The van der Waals surface area contributed by atoms with Gasteiger partial charge >= 0.3 is 0 Å². The molecule has 19 heavy (non-hydrogen) atoms. The molecular weight excluding hydrogens is 279 g/mol. The Kier molecular flexibility index (Phi) is 6.32. The zero-order valence-corrected chi connectivity index (χ0v) is 12.3. The second-order valence-corrected chi connectivity index (χ2v) is 5.26. The molecule has 0 spiro atoms. The van der Waals surface area contributed by atoms with Crippen molar-refractivity contribution >= 4 is 23.2 Å². The van der Waals surface area contributed by atoms with Crippen molar-refractivity contribution < 1.29 is 0 Å². The summed E-state index contributed by atoms with van der Waals surface area (Å²) < 4.78 is 0. The molecule has 0 aromatic heterocycles. The van der Waals surface area contributed by atoms with Crippen molar-refractivity contribution in [3.63, 3.8) is 0 Å². The Hall–Kier alpha value is -1.06. The molecule has 1 rings (SSSR count). The van der Waals surface area contributed by atoms with Gasteiger partial charge in [0.1, 0.15) is 0 Å².